The number of methoxy groups -OCH3 is 1. The minimum Gasteiger partial charge on any atom is -0.481 e. The van der Waals surface area contributed by atoms with Crippen molar-refractivity contribution >= 4 is 17.1 Å². The van der Waals surface area contributed by atoms with Gasteiger partial charge in [0.1, 0.15) is 17.7 Å². The minimum absolute atomic E-state index is 0.0428. The van der Waals surface area contributed by atoms with Crippen LogP contribution in [-0.4, -0.2) is 46.0 Å². The first kappa shape index (κ1) is 24.2. The van der Waals surface area contributed by atoms with Crippen LogP contribution in [-0.2, 0) is 0 Å². The number of nitrogens with one attached hydrogen (secondary N) is 1. The first-order valence-corrected chi connectivity index (χ1v) is 11.5. The van der Waals surface area contributed by atoms with Crippen molar-refractivity contribution in [2.75, 3.05) is 13.7 Å². The van der Waals surface area contributed by atoms with Gasteiger partial charge in [0.05, 0.1) is 24.2 Å². The number of aliphatic hydroxyl groups excluding tert-OH is 2. The van der Waals surface area contributed by atoms with Gasteiger partial charge in [-0.2, -0.15) is 0 Å². The smallest absolute Gasteiger partial charge is 0.213 e. The van der Waals surface area contributed by atoms with E-state index in [2.05, 4.69) is 15.3 Å². The highest BCUT2D eigenvalue weighted by molar-refractivity contribution is 5.78. The molecule has 0 unspecified atom stereocenters. The molecule has 0 radical (unpaired) electrons. The molecule has 0 saturated heterocycles. The third kappa shape index (κ3) is 5.58. The van der Waals surface area contributed by atoms with Crippen LogP contribution in [0.5, 0.6) is 5.88 Å². The van der Waals surface area contributed by atoms with Crippen molar-refractivity contribution in [3.63, 3.8) is 0 Å². The molecule has 2 atom stereocenters. The van der Waals surface area contributed by atoms with E-state index < -0.39 is 23.8 Å². The summed E-state index contributed by atoms with van der Waals surface area (Å²) >= 11 is 0. The molecule has 1 aromatic carbocycles. The summed E-state index contributed by atoms with van der Waals surface area (Å²) in [6.45, 7) is 0.535. The molecule has 1 saturated carbocycles. The van der Waals surface area contributed by atoms with Crippen molar-refractivity contribution < 1.29 is 23.7 Å². The van der Waals surface area contributed by atoms with Gasteiger partial charge in [0.2, 0.25) is 5.88 Å². The molecular formula is C26H29F2N3O3. The van der Waals surface area contributed by atoms with E-state index in [9.17, 15) is 19.0 Å². The second kappa shape index (κ2) is 11.0. The zero-order valence-corrected chi connectivity index (χ0v) is 19.0. The Morgan fingerprint density at radius 2 is 1.91 bits per heavy atom. The summed E-state index contributed by atoms with van der Waals surface area (Å²) in [5.74, 6) is -0.549. The lowest BCUT2D eigenvalue weighted by molar-refractivity contribution is -0.0300. The first-order chi connectivity index (χ1) is 16.5. The monoisotopic (exact) mass is 469 g/mol. The van der Waals surface area contributed by atoms with E-state index >= 15 is 0 Å². The predicted molar refractivity (Wildman–Crippen MR) is 126 cm³/mol. The summed E-state index contributed by atoms with van der Waals surface area (Å²) in [5.41, 5.74) is 1.90. The van der Waals surface area contributed by atoms with Gasteiger partial charge in [-0.3, -0.25) is 4.98 Å². The number of pyridine rings is 2. The van der Waals surface area contributed by atoms with Gasteiger partial charge in [-0.05, 0) is 61.9 Å². The standard InChI is InChI=1S/C26H29F2N3O3/c1-34-23-11-10-22-24(31-23)20(12-14-30-22)26(33)25(32)16-4-7-19(8-5-16)29-13-2-3-17-15-18(27)6-9-21(17)28/h2-3,6,9-12,14-16,19,25-26,29,32-33H,4-5,7-8,13H2,1H3/t16?,19?,25-,26-/m1/s1. The fourth-order valence-electron chi connectivity index (χ4n) is 4.55. The number of aliphatic hydroxyl groups is 2. The van der Waals surface area contributed by atoms with Gasteiger partial charge in [-0.25, -0.2) is 13.8 Å². The second-order valence-corrected chi connectivity index (χ2v) is 8.65. The van der Waals surface area contributed by atoms with Gasteiger partial charge in [0, 0.05) is 36.0 Å². The van der Waals surface area contributed by atoms with E-state index in [0.717, 1.165) is 37.8 Å². The lowest BCUT2D eigenvalue weighted by atomic mass is 9.80. The van der Waals surface area contributed by atoms with Crippen molar-refractivity contribution in [3.8, 4) is 5.88 Å². The highest BCUT2D eigenvalue weighted by Gasteiger charge is 2.32. The number of rotatable bonds is 8. The van der Waals surface area contributed by atoms with Gasteiger partial charge in [-0.15, -0.1) is 0 Å². The number of fused-ring (bicyclic) bond motifs is 1. The maximum atomic E-state index is 13.7. The topological polar surface area (TPSA) is 87.5 Å². The summed E-state index contributed by atoms with van der Waals surface area (Å²) < 4.78 is 32.1. The zero-order valence-electron chi connectivity index (χ0n) is 19.0. The maximum absolute atomic E-state index is 13.7. The Morgan fingerprint density at radius 1 is 1.12 bits per heavy atom. The van der Waals surface area contributed by atoms with E-state index in [1.807, 2.05) is 0 Å². The average Bonchev–Trinajstić information content (AvgIpc) is 2.87. The quantitative estimate of drug-likeness (QED) is 0.459. The van der Waals surface area contributed by atoms with E-state index in [0.29, 0.717) is 29.0 Å². The molecule has 6 nitrogen and oxygen atoms in total. The maximum Gasteiger partial charge on any atom is 0.213 e. The molecule has 1 aliphatic rings. The average molecular weight is 470 g/mol. The Morgan fingerprint density at radius 3 is 2.68 bits per heavy atom. The molecule has 0 bridgehead atoms. The molecule has 1 fully saturated rings. The van der Waals surface area contributed by atoms with Crippen molar-refractivity contribution in [3.05, 3.63) is 71.4 Å². The lowest BCUT2D eigenvalue weighted by Gasteiger charge is -2.34. The second-order valence-electron chi connectivity index (χ2n) is 8.65. The van der Waals surface area contributed by atoms with Crippen LogP contribution in [0.2, 0.25) is 0 Å². The van der Waals surface area contributed by atoms with Gasteiger partial charge < -0.3 is 20.3 Å². The van der Waals surface area contributed by atoms with E-state index in [1.165, 1.54) is 13.2 Å². The third-order valence-electron chi connectivity index (χ3n) is 6.48. The molecule has 0 spiro atoms. The number of benzene rings is 1. The van der Waals surface area contributed by atoms with Gasteiger partial charge in [0.15, 0.2) is 0 Å². The zero-order chi connectivity index (χ0) is 24.1. The molecule has 0 amide bonds. The normalized spacial score (nSPS) is 20.5. The fourth-order valence-corrected chi connectivity index (χ4v) is 4.55. The Hall–Kier alpha value is -2.94. The molecule has 2 aromatic heterocycles. The molecule has 180 valence electrons. The molecule has 1 aliphatic carbocycles. The molecule has 4 rings (SSSR count). The predicted octanol–water partition coefficient (Wildman–Crippen LogP) is 4.17. The molecule has 0 aliphatic heterocycles. The summed E-state index contributed by atoms with van der Waals surface area (Å²) in [6.07, 6.45) is 6.16. The van der Waals surface area contributed by atoms with Crippen LogP contribution in [0.1, 0.15) is 42.9 Å². The number of nitrogens with zero attached hydrogens (tertiary/aromatic N) is 2. The summed E-state index contributed by atoms with van der Waals surface area (Å²) in [6, 6.07) is 8.81. The molecule has 2 heterocycles. The number of aromatic nitrogens is 2. The Kier molecular flexibility index (Phi) is 7.82. The van der Waals surface area contributed by atoms with E-state index in [4.69, 9.17) is 4.74 Å². The van der Waals surface area contributed by atoms with Crippen LogP contribution in [0.4, 0.5) is 8.78 Å². The highest BCUT2D eigenvalue weighted by Crippen LogP contribution is 2.34. The number of hydrogen-bond acceptors (Lipinski definition) is 6. The van der Waals surface area contributed by atoms with E-state index in [1.54, 1.807) is 36.5 Å². The Bertz CT molecular complexity index is 1150. The van der Waals surface area contributed by atoms with Crippen molar-refractivity contribution in [2.45, 2.75) is 43.9 Å². The first-order valence-electron chi connectivity index (χ1n) is 11.5. The lowest BCUT2D eigenvalue weighted by Crippen LogP contribution is -2.37. The van der Waals surface area contributed by atoms with Crippen LogP contribution >= 0.6 is 0 Å². The number of ether oxygens (including phenoxy) is 1. The summed E-state index contributed by atoms with van der Waals surface area (Å²) in [4.78, 5) is 8.69. The van der Waals surface area contributed by atoms with Gasteiger partial charge in [-0.1, -0.05) is 12.2 Å². The Balaban J connectivity index is 1.31. The molecule has 3 N–H and O–H groups in total. The SMILES string of the molecule is COc1ccc2nccc([C@@H](O)[C@H](O)C3CCC(NCC=Cc4cc(F)ccc4F)CC3)c2n1. The summed E-state index contributed by atoms with van der Waals surface area (Å²) in [5, 5.41) is 25.3. The van der Waals surface area contributed by atoms with Gasteiger partial charge in [0.25, 0.3) is 0 Å². The third-order valence-corrected chi connectivity index (χ3v) is 6.48. The molecular weight excluding hydrogens is 440 g/mol. The van der Waals surface area contributed by atoms with Crippen molar-refractivity contribution in [2.24, 2.45) is 5.92 Å². The molecule has 8 heteroatoms. The van der Waals surface area contributed by atoms with E-state index in [-0.39, 0.29) is 17.5 Å². The van der Waals surface area contributed by atoms with Crippen LogP contribution in [0.3, 0.4) is 0 Å². The molecule has 3 aromatic rings. The molecule has 34 heavy (non-hydrogen) atoms. The van der Waals surface area contributed by atoms with Crippen LogP contribution < -0.4 is 10.1 Å². The van der Waals surface area contributed by atoms with Crippen LogP contribution in [0.25, 0.3) is 17.1 Å². The summed E-state index contributed by atoms with van der Waals surface area (Å²) in [7, 11) is 1.53. The highest BCUT2D eigenvalue weighted by atomic mass is 19.1. The van der Waals surface area contributed by atoms with Crippen molar-refractivity contribution in [1.82, 2.24) is 15.3 Å². The minimum atomic E-state index is -1.08. The number of hydrogen-bond donors (Lipinski definition) is 3. The van der Waals surface area contributed by atoms with Crippen LogP contribution in [0, 0.1) is 17.6 Å². The fraction of sp³-hybridized carbons (Fsp3) is 0.385. The largest absolute Gasteiger partial charge is 0.481 e. The Labute approximate surface area is 197 Å². The van der Waals surface area contributed by atoms with Crippen molar-refractivity contribution in [1.29, 1.82) is 0 Å². The van der Waals surface area contributed by atoms with Gasteiger partial charge >= 0.3 is 0 Å². The number of halogens is 2. The van der Waals surface area contributed by atoms with Crippen LogP contribution in [0.15, 0.2) is 48.7 Å².